The lowest BCUT2D eigenvalue weighted by Gasteiger charge is -2.06. The summed E-state index contributed by atoms with van der Waals surface area (Å²) < 4.78 is 3.34. The van der Waals surface area contributed by atoms with Crippen molar-refractivity contribution in [1.82, 2.24) is 29.1 Å². The zero-order valence-electron chi connectivity index (χ0n) is 15.5. The van der Waals surface area contributed by atoms with Crippen LogP contribution in [0.2, 0.25) is 0 Å². The van der Waals surface area contributed by atoms with Crippen molar-refractivity contribution in [3.63, 3.8) is 0 Å². The fourth-order valence-corrected chi connectivity index (χ4v) is 3.32. The van der Waals surface area contributed by atoms with Crippen LogP contribution in [0, 0.1) is 18.3 Å². The molecule has 8 nitrogen and oxygen atoms in total. The van der Waals surface area contributed by atoms with E-state index >= 15 is 0 Å². The van der Waals surface area contributed by atoms with E-state index in [1.54, 1.807) is 33.8 Å². The molecule has 0 aliphatic rings. The number of aromatic amines is 1. The van der Waals surface area contributed by atoms with Crippen LogP contribution in [0.25, 0.3) is 28.1 Å². The van der Waals surface area contributed by atoms with E-state index in [0.717, 1.165) is 16.6 Å². The Morgan fingerprint density at radius 3 is 2.76 bits per heavy atom. The Bertz CT molecular complexity index is 1470. The second-order valence-corrected chi connectivity index (χ2v) is 6.84. The topological polar surface area (TPSA) is 105 Å². The maximum Gasteiger partial charge on any atom is 0.328 e. The zero-order valence-corrected chi connectivity index (χ0v) is 15.5. The van der Waals surface area contributed by atoms with Crippen LogP contribution < -0.4 is 5.69 Å². The van der Waals surface area contributed by atoms with Gasteiger partial charge in [-0.1, -0.05) is 29.8 Å². The summed E-state index contributed by atoms with van der Waals surface area (Å²) in [6.07, 6.45) is 3.21. The van der Waals surface area contributed by atoms with Gasteiger partial charge < -0.3 is 4.98 Å². The predicted molar refractivity (Wildman–Crippen MR) is 108 cm³/mol. The van der Waals surface area contributed by atoms with Gasteiger partial charge in [0, 0.05) is 0 Å². The molecule has 3 aromatic heterocycles. The molecule has 1 N–H and O–H groups in total. The van der Waals surface area contributed by atoms with Crippen molar-refractivity contribution in [2.75, 3.05) is 0 Å². The van der Waals surface area contributed by atoms with Gasteiger partial charge in [0.2, 0.25) is 5.95 Å². The molecular weight excluding hydrogens is 366 g/mol. The molecule has 5 aromatic rings. The van der Waals surface area contributed by atoms with Crippen molar-refractivity contribution in [3.8, 4) is 12.0 Å². The summed E-state index contributed by atoms with van der Waals surface area (Å²) in [5.74, 6) is 0.404. The highest BCUT2D eigenvalue weighted by atomic mass is 16.1. The first kappa shape index (κ1) is 16.9. The van der Waals surface area contributed by atoms with Crippen LogP contribution >= 0.6 is 0 Å². The van der Waals surface area contributed by atoms with E-state index in [0.29, 0.717) is 34.7 Å². The molecule has 0 radical (unpaired) electrons. The van der Waals surface area contributed by atoms with E-state index in [1.165, 1.54) is 0 Å². The van der Waals surface area contributed by atoms with Crippen LogP contribution in [0.4, 0.5) is 0 Å². The number of fused-ring (bicyclic) bond motifs is 2. The smallest absolute Gasteiger partial charge is 0.303 e. The number of benzene rings is 2. The van der Waals surface area contributed by atoms with Crippen LogP contribution in [0.15, 0.2) is 59.8 Å². The van der Waals surface area contributed by atoms with Gasteiger partial charge in [0.1, 0.15) is 11.8 Å². The Morgan fingerprint density at radius 1 is 1.14 bits per heavy atom. The number of hydrogen-bond donors (Lipinski definition) is 1. The lowest BCUT2D eigenvalue weighted by molar-refractivity contribution is 0.774. The molecule has 2 aromatic carbocycles. The van der Waals surface area contributed by atoms with Crippen molar-refractivity contribution in [2.24, 2.45) is 0 Å². The molecule has 0 atom stereocenters. The number of aromatic nitrogens is 6. The number of nitriles is 1. The second kappa shape index (κ2) is 6.42. The summed E-state index contributed by atoms with van der Waals surface area (Å²) in [5, 5.41) is 9.06. The fourth-order valence-electron chi connectivity index (χ4n) is 3.32. The largest absolute Gasteiger partial charge is 0.328 e. The highest BCUT2D eigenvalue weighted by Crippen LogP contribution is 2.19. The molecule has 5 rings (SSSR count). The van der Waals surface area contributed by atoms with Gasteiger partial charge in [-0.05, 0) is 30.7 Å². The monoisotopic (exact) mass is 381 g/mol. The average Bonchev–Trinajstić information content (AvgIpc) is 3.29. The van der Waals surface area contributed by atoms with Crippen molar-refractivity contribution >= 4 is 22.2 Å². The van der Waals surface area contributed by atoms with Crippen molar-refractivity contribution in [1.29, 1.82) is 5.26 Å². The minimum absolute atomic E-state index is 0.235. The third-order valence-electron chi connectivity index (χ3n) is 4.85. The number of aryl methyl sites for hydroxylation is 1. The standard InChI is InChI=1S/C21H15N7O/c1-13-2-4-14(5-3-13)11-27-19-17(25-21(27)29)10-23-20(26-19)28-12-24-16-8-15(9-22)6-7-18(16)28/h2-8,10,12H,11H2,1H3,(H,25,29). The van der Waals surface area contributed by atoms with E-state index < -0.39 is 0 Å². The Balaban J connectivity index is 1.63. The number of H-pyrrole nitrogens is 1. The third kappa shape index (κ3) is 2.85. The summed E-state index contributed by atoms with van der Waals surface area (Å²) >= 11 is 0. The molecule has 0 saturated heterocycles. The van der Waals surface area contributed by atoms with E-state index in [4.69, 9.17) is 5.26 Å². The molecule has 0 amide bonds. The highest BCUT2D eigenvalue weighted by molar-refractivity contribution is 5.79. The second-order valence-electron chi connectivity index (χ2n) is 6.84. The van der Waals surface area contributed by atoms with Crippen LogP contribution in [-0.2, 0) is 6.54 Å². The number of nitrogens with one attached hydrogen (secondary N) is 1. The first-order valence-corrected chi connectivity index (χ1v) is 9.01. The maximum atomic E-state index is 12.5. The Labute approximate surface area is 164 Å². The van der Waals surface area contributed by atoms with Crippen molar-refractivity contribution < 1.29 is 0 Å². The van der Waals surface area contributed by atoms with Crippen molar-refractivity contribution in [2.45, 2.75) is 13.5 Å². The van der Waals surface area contributed by atoms with Crippen molar-refractivity contribution in [3.05, 3.63) is 82.2 Å². The highest BCUT2D eigenvalue weighted by Gasteiger charge is 2.13. The van der Waals surface area contributed by atoms with Gasteiger partial charge in [-0.2, -0.15) is 10.2 Å². The predicted octanol–water partition coefficient (Wildman–Crippen LogP) is 2.69. The summed E-state index contributed by atoms with van der Waals surface area (Å²) in [5.41, 5.74) is 5.04. The van der Waals surface area contributed by atoms with Gasteiger partial charge in [0.15, 0.2) is 5.65 Å². The minimum atomic E-state index is -0.235. The summed E-state index contributed by atoms with van der Waals surface area (Å²) in [7, 11) is 0. The fraction of sp³-hybridized carbons (Fsp3) is 0.0952. The molecule has 0 unspecified atom stereocenters. The molecule has 0 bridgehead atoms. The van der Waals surface area contributed by atoms with Gasteiger partial charge in [-0.25, -0.2) is 14.8 Å². The van der Waals surface area contributed by atoms with Crippen LogP contribution in [0.1, 0.15) is 16.7 Å². The molecular formula is C21H15N7O. The number of rotatable bonds is 3. The van der Waals surface area contributed by atoms with Gasteiger partial charge in [-0.15, -0.1) is 0 Å². The molecule has 0 spiro atoms. The van der Waals surface area contributed by atoms with E-state index in [-0.39, 0.29) is 5.69 Å². The van der Waals surface area contributed by atoms with Gasteiger partial charge >= 0.3 is 5.69 Å². The minimum Gasteiger partial charge on any atom is -0.303 e. The zero-order chi connectivity index (χ0) is 20.0. The van der Waals surface area contributed by atoms with E-state index in [1.807, 2.05) is 37.3 Å². The molecule has 0 saturated carbocycles. The van der Waals surface area contributed by atoms with Crippen LogP contribution in [-0.4, -0.2) is 29.1 Å². The molecule has 0 fully saturated rings. The molecule has 140 valence electrons. The normalized spacial score (nSPS) is 11.2. The molecule has 8 heteroatoms. The average molecular weight is 381 g/mol. The first-order chi connectivity index (χ1) is 14.1. The Kier molecular flexibility index (Phi) is 3.74. The summed E-state index contributed by atoms with van der Waals surface area (Å²) in [6, 6.07) is 15.4. The SMILES string of the molecule is Cc1ccc(Cn2c(=O)[nH]c3cnc(-n4cnc5cc(C#N)ccc54)nc32)cc1. The third-order valence-corrected chi connectivity index (χ3v) is 4.85. The number of hydrogen-bond acceptors (Lipinski definition) is 5. The lowest BCUT2D eigenvalue weighted by atomic mass is 10.1. The maximum absolute atomic E-state index is 12.5. The Morgan fingerprint density at radius 2 is 1.97 bits per heavy atom. The number of imidazole rings is 2. The molecule has 0 aliphatic heterocycles. The van der Waals surface area contributed by atoms with Gasteiger partial charge in [0.25, 0.3) is 0 Å². The summed E-state index contributed by atoms with van der Waals surface area (Å²) in [4.78, 5) is 28.6. The molecule has 3 heterocycles. The van der Waals surface area contributed by atoms with Crippen LogP contribution in [0.3, 0.4) is 0 Å². The quantitative estimate of drug-likeness (QED) is 0.517. The van der Waals surface area contributed by atoms with E-state index in [2.05, 4.69) is 26.0 Å². The van der Waals surface area contributed by atoms with E-state index in [9.17, 15) is 4.79 Å². The van der Waals surface area contributed by atoms with Crippen LogP contribution in [0.5, 0.6) is 0 Å². The summed E-state index contributed by atoms with van der Waals surface area (Å²) in [6.45, 7) is 2.43. The van der Waals surface area contributed by atoms with Gasteiger partial charge in [0.05, 0.1) is 35.4 Å². The first-order valence-electron chi connectivity index (χ1n) is 9.01. The lowest BCUT2D eigenvalue weighted by Crippen LogP contribution is -2.18. The van der Waals surface area contributed by atoms with Gasteiger partial charge in [-0.3, -0.25) is 9.13 Å². The number of nitrogens with zero attached hydrogens (tertiary/aromatic N) is 6. The molecule has 29 heavy (non-hydrogen) atoms. The Hall–Kier alpha value is -4.25. The molecule has 0 aliphatic carbocycles.